The minimum Gasteiger partial charge on any atom is -0.385 e. The SMILES string of the molecule is COCCCN(C(=O)CCC1CCCCC1)[C@@H]1CCS(=O)(=O)C1. The molecule has 134 valence electrons. The lowest BCUT2D eigenvalue weighted by molar-refractivity contribution is -0.133. The Morgan fingerprint density at radius 3 is 2.52 bits per heavy atom. The number of rotatable bonds is 8. The molecule has 2 rings (SSSR count). The Morgan fingerprint density at radius 1 is 1.17 bits per heavy atom. The minimum absolute atomic E-state index is 0.129. The summed E-state index contributed by atoms with van der Waals surface area (Å²) in [6.07, 6.45) is 9.27. The van der Waals surface area contributed by atoms with Gasteiger partial charge in [-0.1, -0.05) is 32.1 Å². The van der Waals surface area contributed by atoms with Crippen molar-refractivity contribution in [2.24, 2.45) is 5.92 Å². The zero-order chi connectivity index (χ0) is 16.7. The molecule has 0 radical (unpaired) electrons. The first kappa shape index (κ1) is 18.7. The van der Waals surface area contributed by atoms with Crippen molar-refractivity contribution in [2.45, 2.75) is 63.8 Å². The maximum absolute atomic E-state index is 12.7. The molecule has 6 heteroatoms. The van der Waals surface area contributed by atoms with Crippen LogP contribution in [0.5, 0.6) is 0 Å². The highest BCUT2D eigenvalue weighted by Crippen LogP contribution is 2.28. The van der Waals surface area contributed by atoms with Crippen LogP contribution in [0.15, 0.2) is 0 Å². The smallest absolute Gasteiger partial charge is 0.222 e. The van der Waals surface area contributed by atoms with Gasteiger partial charge < -0.3 is 9.64 Å². The molecule has 1 aliphatic carbocycles. The van der Waals surface area contributed by atoms with Crippen molar-refractivity contribution >= 4 is 15.7 Å². The third-order valence-corrected chi connectivity index (χ3v) is 6.96. The van der Waals surface area contributed by atoms with Gasteiger partial charge in [0.15, 0.2) is 9.84 Å². The summed E-state index contributed by atoms with van der Waals surface area (Å²) in [5.74, 6) is 1.17. The summed E-state index contributed by atoms with van der Waals surface area (Å²) in [7, 11) is -1.32. The molecular weight excluding hydrogens is 314 g/mol. The van der Waals surface area contributed by atoms with Crippen molar-refractivity contribution in [3.63, 3.8) is 0 Å². The molecule has 0 N–H and O–H groups in total. The summed E-state index contributed by atoms with van der Waals surface area (Å²) in [5.41, 5.74) is 0. The van der Waals surface area contributed by atoms with E-state index in [4.69, 9.17) is 4.74 Å². The van der Waals surface area contributed by atoms with Gasteiger partial charge in [-0.15, -0.1) is 0 Å². The lowest BCUT2D eigenvalue weighted by Gasteiger charge is -2.29. The molecule has 5 nitrogen and oxygen atoms in total. The molecule has 0 unspecified atom stereocenters. The Morgan fingerprint density at radius 2 is 1.91 bits per heavy atom. The number of ether oxygens (including phenoxy) is 1. The number of hydrogen-bond acceptors (Lipinski definition) is 4. The van der Waals surface area contributed by atoms with Crippen molar-refractivity contribution in [2.75, 3.05) is 31.8 Å². The van der Waals surface area contributed by atoms with Crippen molar-refractivity contribution in [1.29, 1.82) is 0 Å². The van der Waals surface area contributed by atoms with Crippen LogP contribution in [-0.2, 0) is 19.4 Å². The zero-order valence-corrected chi connectivity index (χ0v) is 15.2. The Labute approximate surface area is 140 Å². The van der Waals surface area contributed by atoms with Crippen molar-refractivity contribution in [3.8, 4) is 0 Å². The van der Waals surface area contributed by atoms with E-state index in [-0.39, 0.29) is 23.5 Å². The molecule has 0 aromatic carbocycles. The standard InChI is InChI=1S/C17H31NO4S/c1-22-12-5-11-18(16-10-13-23(20,21)14-16)17(19)9-8-15-6-3-2-4-7-15/h15-16H,2-14H2,1H3/t16-/m1/s1. The summed E-state index contributed by atoms with van der Waals surface area (Å²) in [6, 6.07) is -0.129. The van der Waals surface area contributed by atoms with E-state index in [1.807, 2.05) is 4.90 Å². The van der Waals surface area contributed by atoms with Crippen molar-refractivity contribution in [1.82, 2.24) is 4.90 Å². The van der Waals surface area contributed by atoms with E-state index >= 15 is 0 Å². The van der Waals surface area contributed by atoms with Gasteiger partial charge in [-0.2, -0.15) is 0 Å². The Kier molecular flexibility index (Phi) is 7.34. The van der Waals surface area contributed by atoms with Crippen LogP contribution >= 0.6 is 0 Å². The summed E-state index contributed by atoms with van der Waals surface area (Å²) in [5, 5.41) is 0. The highest BCUT2D eigenvalue weighted by atomic mass is 32.2. The maximum atomic E-state index is 12.7. The Bertz CT molecular complexity index is 471. The van der Waals surface area contributed by atoms with Crippen LogP contribution in [0.25, 0.3) is 0 Å². The highest BCUT2D eigenvalue weighted by Gasteiger charge is 2.34. The number of nitrogens with zero attached hydrogens (tertiary/aromatic N) is 1. The van der Waals surface area contributed by atoms with E-state index in [1.54, 1.807) is 7.11 Å². The topological polar surface area (TPSA) is 63.7 Å². The molecular formula is C17H31NO4S. The molecule has 1 amide bonds. The molecule has 0 bridgehead atoms. The van der Waals surface area contributed by atoms with E-state index in [0.717, 1.165) is 12.8 Å². The molecule has 1 saturated carbocycles. The molecule has 1 atom stereocenters. The summed E-state index contributed by atoms with van der Waals surface area (Å²) in [6.45, 7) is 1.21. The zero-order valence-electron chi connectivity index (χ0n) is 14.3. The third kappa shape index (κ3) is 6.07. The molecule has 1 heterocycles. The predicted molar refractivity (Wildman–Crippen MR) is 91.1 cm³/mol. The van der Waals surface area contributed by atoms with Crippen LogP contribution < -0.4 is 0 Å². The third-order valence-electron chi connectivity index (χ3n) is 5.21. The van der Waals surface area contributed by atoms with Crippen LogP contribution in [0.2, 0.25) is 0 Å². The second kappa shape index (κ2) is 9.02. The molecule has 1 saturated heterocycles. The van der Waals surface area contributed by atoms with Crippen LogP contribution in [0.1, 0.15) is 57.8 Å². The first-order valence-corrected chi connectivity index (χ1v) is 10.8. The normalized spacial score (nSPS) is 24.7. The van der Waals surface area contributed by atoms with Gasteiger partial charge in [0.2, 0.25) is 5.91 Å². The second-order valence-corrected chi connectivity index (χ2v) is 9.26. The van der Waals surface area contributed by atoms with Crippen LogP contribution in [0.3, 0.4) is 0 Å². The van der Waals surface area contributed by atoms with Crippen LogP contribution in [0.4, 0.5) is 0 Å². The van der Waals surface area contributed by atoms with Gasteiger partial charge in [0.05, 0.1) is 11.5 Å². The predicted octanol–water partition coefficient (Wildman–Crippen LogP) is 2.40. The molecule has 0 aromatic heterocycles. The largest absolute Gasteiger partial charge is 0.385 e. The molecule has 2 aliphatic rings. The first-order valence-electron chi connectivity index (χ1n) is 9.00. The Balaban J connectivity index is 1.88. The fraction of sp³-hybridized carbons (Fsp3) is 0.941. The number of amides is 1. The maximum Gasteiger partial charge on any atom is 0.222 e. The first-order chi connectivity index (χ1) is 11.0. The van der Waals surface area contributed by atoms with Gasteiger partial charge in [-0.3, -0.25) is 4.79 Å². The van der Waals surface area contributed by atoms with Gasteiger partial charge >= 0.3 is 0 Å². The number of methoxy groups -OCH3 is 1. The molecule has 23 heavy (non-hydrogen) atoms. The summed E-state index contributed by atoms with van der Waals surface area (Å²) in [4.78, 5) is 14.5. The molecule has 0 spiro atoms. The van der Waals surface area contributed by atoms with Crippen molar-refractivity contribution in [3.05, 3.63) is 0 Å². The van der Waals surface area contributed by atoms with Crippen LogP contribution in [-0.4, -0.2) is 57.0 Å². The van der Waals surface area contributed by atoms with E-state index in [2.05, 4.69) is 0 Å². The van der Waals surface area contributed by atoms with Gasteiger partial charge in [0.1, 0.15) is 0 Å². The van der Waals surface area contributed by atoms with Crippen LogP contribution in [0, 0.1) is 5.92 Å². The average Bonchev–Trinajstić information content (AvgIpc) is 2.90. The quantitative estimate of drug-likeness (QED) is 0.634. The second-order valence-electron chi connectivity index (χ2n) is 7.03. The molecule has 2 fully saturated rings. The van der Waals surface area contributed by atoms with Gasteiger partial charge in [0, 0.05) is 32.7 Å². The van der Waals surface area contributed by atoms with E-state index in [0.29, 0.717) is 31.9 Å². The lowest BCUT2D eigenvalue weighted by atomic mass is 9.86. The van der Waals surface area contributed by atoms with E-state index < -0.39 is 9.84 Å². The van der Waals surface area contributed by atoms with E-state index in [9.17, 15) is 13.2 Å². The summed E-state index contributed by atoms with van der Waals surface area (Å²) < 4.78 is 28.6. The van der Waals surface area contributed by atoms with Crippen molar-refractivity contribution < 1.29 is 17.9 Å². The number of carbonyl (C=O) groups excluding carboxylic acids is 1. The minimum atomic E-state index is -2.97. The Hall–Kier alpha value is -0.620. The van der Waals surface area contributed by atoms with Gasteiger partial charge in [-0.05, 0) is 25.2 Å². The fourth-order valence-electron chi connectivity index (χ4n) is 3.86. The molecule has 1 aliphatic heterocycles. The number of hydrogen-bond donors (Lipinski definition) is 0. The monoisotopic (exact) mass is 345 g/mol. The number of carbonyl (C=O) groups is 1. The van der Waals surface area contributed by atoms with E-state index in [1.165, 1.54) is 32.1 Å². The highest BCUT2D eigenvalue weighted by molar-refractivity contribution is 7.91. The molecule has 0 aromatic rings. The average molecular weight is 346 g/mol. The van der Waals surface area contributed by atoms with Gasteiger partial charge in [-0.25, -0.2) is 8.42 Å². The lowest BCUT2D eigenvalue weighted by Crippen LogP contribution is -2.42. The van der Waals surface area contributed by atoms with Gasteiger partial charge in [0.25, 0.3) is 0 Å². The number of sulfone groups is 1. The fourth-order valence-corrected chi connectivity index (χ4v) is 5.59. The summed E-state index contributed by atoms with van der Waals surface area (Å²) >= 11 is 0.